The molecule has 0 bridgehead atoms. The second-order valence-corrected chi connectivity index (χ2v) is 12.9. The van der Waals surface area contributed by atoms with Crippen LogP contribution in [0.15, 0.2) is 53.6 Å². The number of nitrogens with zero attached hydrogens (tertiary/aromatic N) is 1. The number of rotatable bonds is 19. The zero-order chi connectivity index (χ0) is 32.6. The number of aliphatic imine (C=N–C) groups is 1. The Labute approximate surface area is 289 Å². The second-order valence-electron chi connectivity index (χ2n) is 11.8. The fourth-order valence-corrected chi connectivity index (χ4v) is 6.07. The van der Waals surface area contributed by atoms with Gasteiger partial charge in [0.25, 0.3) is 0 Å². The molecule has 13 heteroatoms. The van der Waals surface area contributed by atoms with Gasteiger partial charge >= 0.3 is 43.3 Å². The van der Waals surface area contributed by atoms with E-state index in [-0.39, 0.29) is 72.8 Å². The summed E-state index contributed by atoms with van der Waals surface area (Å²) in [5, 5.41) is 44.7. The number of phosphoric acid groups is 1. The van der Waals surface area contributed by atoms with Crippen molar-refractivity contribution < 1.29 is 78.4 Å². The molecule has 7 atom stereocenters. The maximum Gasteiger partial charge on any atom is 1.00 e. The molecule has 0 radical (unpaired) electrons. The molecule has 1 aliphatic heterocycles. The van der Waals surface area contributed by atoms with Gasteiger partial charge in [-0.25, -0.2) is 9.36 Å². The van der Waals surface area contributed by atoms with Gasteiger partial charge in [0.15, 0.2) is 0 Å². The van der Waals surface area contributed by atoms with Crippen LogP contribution >= 0.6 is 7.82 Å². The molecule has 5 N–H and O–H groups in total. The average molecular weight is 664 g/mol. The molecule has 2 aliphatic rings. The van der Waals surface area contributed by atoms with E-state index in [0.29, 0.717) is 19.3 Å². The Morgan fingerprint density at radius 3 is 2.64 bits per heavy atom. The number of hydrogen-bond donors (Lipinski definition) is 5. The summed E-state index contributed by atoms with van der Waals surface area (Å²) in [6.45, 7) is 3.81. The van der Waals surface area contributed by atoms with Gasteiger partial charge in [0, 0.05) is 31.4 Å². The molecule has 1 fully saturated rings. The number of aliphatic hydroxyl groups is 3. The van der Waals surface area contributed by atoms with Crippen LogP contribution in [0, 0.1) is 11.8 Å². The Morgan fingerprint density at radius 1 is 1.22 bits per heavy atom. The maximum atomic E-state index is 12.3. The third-order valence-electron chi connectivity index (χ3n) is 8.04. The molecule has 45 heavy (non-hydrogen) atoms. The van der Waals surface area contributed by atoms with Gasteiger partial charge in [-0.1, -0.05) is 76.0 Å². The van der Waals surface area contributed by atoms with Gasteiger partial charge in [0.2, 0.25) is 0 Å². The quantitative estimate of drug-likeness (QED) is 0.0193. The van der Waals surface area contributed by atoms with Crippen molar-refractivity contribution >= 4 is 19.7 Å². The molecule has 0 saturated heterocycles. The summed E-state index contributed by atoms with van der Waals surface area (Å²) in [4.78, 5) is 35.3. The van der Waals surface area contributed by atoms with Crippen molar-refractivity contribution in [2.75, 3.05) is 6.54 Å². The standard InChI is InChI=1S/C32H52NO10P.Na/c1-3-5-6-7-15-30(36)33-21-20-32(38,19-18-28-25(4-2)16-17-31(37)42-28)29(43-44(39,40)41)23-27(35)13-9-8-11-24-12-10-14-26(34)22-24;/h8-9,11,13,16-19,24-29,34-35,38H,3-7,10,12,14-15,20-23H2,1-2H3,(H,33,36)(H2,39,40,41);/q;+1/p-1/b11-8-,13-9-,19-18+;/t24-,25+,26+,27+,28+,29-,32+;/m1./s1. The Bertz CT molecular complexity index is 1070. The number of phosphoric ester groups is 1. The summed E-state index contributed by atoms with van der Waals surface area (Å²) in [5.41, 5.74) is -2.10. The Hall–Kier alpha value is -1.11. The number of allylic oxidation sites excluding steroid dienone is 3. The van der Waals surface area contributed by atoms with Gasteiger partial charge in [-0.15, -0.1) is 0 Å². The number of ether oxygens (including phenoxy) is 1. The van der Waals surface area contributed by atoms with Crippen LogP contribution in [0.4, 0.5) is 0 Å². The van der Waals surface area contributed by atoms with E-state index in [0.717, 1.165) is 38.5 Å². The molecule has 1 heterocycles. The summed E-state index contributed by atoms with van der Waals surface area (Å²) in [6.07, 6.45) is 15.7. The van der Waals surface area contributed by atoms with Crippen molar-refractivity contribution in [1.82, 2.24) is 0 Å². The minimum absolute atomic E-state index is 0. The van der Waals surface area contributed by atoms with E-state index < -0.39 is 44.1 Å². The van der Waals surface area contributed by atoms with E-state index in [1.54, 1.807) is 18.2 Å². The Balaban J connectivity index is 0.0000101. The van der Waals surface area contributed by atoms with Crippen LogP contribution in [-0.4, -0.2) is 73.5 Å². The number of carbonyl (C=O) groups excluding carboxylic acids is 1. The normalized spacial score (nSPS) is 25.8. The molecular weight excluding hydrogens is 612 g/mol. The minimum atomic E-state index is -5.15. The largest absolute Gasteiger partial charge is 1.00 e. The molecule has 0 amide bonds. The van der Waals surface area contributed by atoms with Crippen LogP contribution in [0.2, 0.25) is 0 Å². The molecule has 1 aliphatic carbocycles. The first-order valence-corrected chi connectivity index (χ1v) is 17.3. The van der Waals surface area contributed by atoms with Gasteiger partial charge in [-0.2, -0.15) is 0 Å². The van der Waals surface area contributed by atoms with Crippen LogP contribution in [-0.2, 0) is 18.6 Å². The zero-order valence-electron chi connectivity index (χ0n) is 26.9. The summed E-state index contributed by atoms with van der Waals surface area (Å²) in [7, 11) is -5.15. The number of carbonyl (C=O) groups is 1. The maximum absolute atomic E-state index is 12.3. The molecule has 0 spiro atoms. The first kappa shape index (κ1) is 41.9. The van der Waals surface area contributed by atoms with E-state index in [1.807, 2.05) is 13.0 Å². The summed E-state index contributed by atoms with van der Waals surface area (Å²) in [5.74, 6) is -0.863. The molecule has 250 valence electrons. The van der Waals surface area contributed by atoms with Gasteiger partial charge < -0.3 is 39.9 Å². The SMILES string of the molecule is CCCCCCC([O-])=NCC[C@@](O)(/C=C/[C@@H]1OC(=O)C=C[C@@H]1CC)[C@@H](C[C@@H](O)/C=C\C=C/[C@@H]1CCC[C@H](O)C1)OP(=O)(O)O.[Na+]. The van der Waals surface area contributed by atoms with Crippen LogP contribution in [0.25, 0.3) is 0 Å². The summed E-state index contributed by atoms with van der Waals surface area (Å²) < 4.78 is 22.4. The van der Waals surface area contributed by atoms with Crippen LogP contribution in [0.1, 0.15) is 90.9 Å². The van der Waals surface area contributed by atoms with E-state index in [1.165, 1.54) is 24.3 Å². The Morgan fingerprint density at radius 2 is 1.98 bits per heavy atom. The fourth-order valence-electron chi connectivity index (χ4n) is 5.47. The van der Waals surface area contributed by atoms with Crippen molar-refractivity contribution in [1.29, 1.82) is 0 Å². The van der Waals surface area contributed by atoms with Gasteiger partial charge in [-0.3, -0.25) is 4.52 Å². The second kappa shape index (κ2) is 21.7. The summed E-state index contributed by atoms with van der Waals surface area (Å²) >= 11 is 0. The molecule has 0 aromatic carbocycles. The number of hydrogen-bond acceptors (Lipinski definition) is 9. The predicted octanol–water partition coefficient (Wildman–Crippen LogP) is 0.797. The Kier molecular flexibility index (Phi) is 20.2. The number of esters is 1. The van der Waals surface area contributed by atoms with E-state index in [9.17, 15) is 39.6 Å². The van der Waals surface area contributed by atoms with E-state index in [2.05, 4.69) is 11.9 Å². The number of aliphatic hydroxyl groups excluding tert-OH is 2. The molecule has 11 nitrogen and oxygen atoms in total. The first-order chi connectivity index (χ1) is 20.8. The monoisotopic (exact) mass is 663 g/mol. The minimum Gasteiger partial charge on any atom is -0.862 e. The first-order valence-electron chi connectivity index (χ1n) is 15.8. The number of cyclic esters (lactones) is 1. The van der Waals surface area contributed by atoms with Crippen molar-refractivity contribution in [3.8, 4) is 0 Å². The molecule has 1 saturated carbocycles. The molecule has 2 rings (SSSR count). The summed E-state index contributed by atoms with van der Waals surface area (Å²) in [6, 6.07) is 0. The van der Waals surface area contributed by atoms with Crippen molar-refractivity contribution in [3.05, 3.63) is 48.6 Å². The zero-order valence-corrected chi connectivity index (χ0v) is 29.8. The van der Waals surface area contributed by atoms with Crippen molar-refractivity contribution in [3.63, 3.8) is 0 Å². The molecule has 0 unspecified atom stereocenters. The fraction of sp³-hybridized carbons (Fsp3) is 0.688. The van der Waals surface area contributed by atoms with Crippen LogP contribution in [0.3, 0.4) is 0 Å². The van der Waals surface area contributed by atoms with Gasteiger partial charge in [0.05, 0.1) is 12.2 Å². The van der Waals surface area contributed by atoms with Gasteiger partial charge in [0.1, 0.15) is 17.8 Å². The van der Waals surface area contributed by atoms with Gasteiger partial charge in [-0.05, 0) is 56.4 Å². The molecular formula is C32H51NNaO10P. The smallest absolute Gasteiger partial charge is 0.862 e. The average Bonchev–Trinajstić information content (AvgIpc) is 2.95. The van der Waals surface area contributed by atoms with E-state index >= 15 is 0 Å². The predicted molar refractivity (Wildman–Crippen MR) is 166 cm³/mol. The third kappa shape index (κ3) is 17.0. The number of unbranched alkanes of at least 4 members (excludes halogenated alkanes) is 3. The topological polar surface area (TPSA) is 189 Å². The van der Waals surface area contributed by atoms with E-state index in [4.69, 9.17) is 9.26 Å². The van der Waals surface area contributed by atoms with Crippen LogP contribution in [0.5, 0.6) is 0 Å². The third-order valence-corrected chi connectivity index (χ3v) is 8.57. The van der Waals surface area contributed by atoms with Crippen LogP contribution < -0.4 is 34.7 Å². The van der Waals surface area contributed by atoms with Crippen molar-refractivity contribution in [2.24, 2.45) is 16.8 Å². The molecule has 0 aromatic heterocycles. The van der Waals surface area contributed by atoms with Crippen molar-refractivity contribution in [2.45, 2.75) is 121 Å². The molecule has 0 aromatic rings.